The molecule has 0 saturated carbocycles. The van der Waals surface area contributed by atoms with Crippen LogP contribution in [0.2, 0.25) is 0 Å². The first-order chi connectivity index (χ1) is 13.1. The van der Waals surface area contributed by atoms with Gasteiger partial charge in [0.05, 0.1) is 7.11 Å². The first-order valence-electron chi connectivity index (χ1n) is 9.77. The molecule has 2 unspecified atom stereocenters. The summed E-state index contributed by atoms with van der Waals surface area (Å²) in [6.45, 7) is 7.00. The molecule has 0 spiro atoms. The molecule has 4 nitrogen and oxygen atoms in total. The molecular formula is C23H30N2O2. The van der Waals surface area contributed by atoms with Crippen molar-refractivity contribution in [3.05, 3.63) is 65.7 Å². The van der Waals surface area contributed by atoms with Gasteiger partial charge in [0.1, 0.15) is 5.75 Å². The van der Waals surface area contributed by atoms with Crippen LogP contribution in [0.3, 0.4) is 0 Å². The molecule has 27 heavy (non-hydrogen) atoms. The normalized spacial score (nSPS) is 20.5. The lowest BCUT2D eigenvalue weighted by molar-refractivity contribution is -0.135. The van der Waals surface area contributed by atoms with Gasteiger partial charge in [-0.3, -0.25) is 9.69 Å². The topological polar surface area (TPSA) is 32.8 Å². The van der Waals surface area contributed by atoms with Crippen LogP contribution in [-0.2, 0) is 17.8 Å². The molecule has 2 aromatic carbocycles. The number of hydrogen-bond acceptors (Lipinski definition) is 3. The third kappa shape index (κ3) is 5.10. The van der Waals surface area contributed by atoms with Gasteiger partial charge in [-0.2, -0.15) is 0 Å². The van der Waals surface area contributed by atoms with E-state index in [1.54, 1.807) is 7.11 Å². The molecular weight excluding hydrogens is 336 g/mol. The number of methoxy groups -OCH3 is 1. The van der Waals surface area contributed by atoms with Crippen LogP contribution in [-0.4, -0.2) is 48.0 Å². The number of benzene rings is 2. The second kappa shape index (κ2) is 9.05. The van der Waals surface area contributed by atoms with Crippen molar-refractivity contribution >= 4 is 5.91 Å². The zero-order valence-corrected chi connectivity index (χ0v) is 16.6. The summed E-state index contributed by atoms with van der Waals surface area (Å²) in [5.74, 6) is 1.10. The Morgan fingerprint density at radius 1 is 0.963 bits per heavy atom. The van der Waals surface area contributed by atoms with Crippen molar-refractivity contribution in [3.63, 3.8) is 0 Å². The average molecular weight is 367 g/mol. The average Bonchev–Trinajstić information content (AvgIpc) is 2.70. The van der Waals surface area contributed by atoms with Crippen LogP contribution >= 0.6 is 0 Å². The summed E-state index contributed by atoms with van der Waals surface area (Å²) < 4.78 is 5.19. The minimum atomic E-state index is 0.254. The van der Waals surface area contributed by atoms with Crippen molar-refractivity contribution in [2.24, 2.45) is 0 Å². The highest BCUT2D eigenvalue weighted by Gasteiger charge is 2.31. The van der Waals surface area contributed by atoms with Gasteiger partial charge in [0, 0.05) is 38.1 Å². The van der Waals surface area contributed by atoms with Gasteiger partial charge in [0.15, 0.2) is 0 Å². The van der Waals surface area contributed by atoms with E-state index in [-0.39, 0.29) is 5.91 Å². The fourth-order valence-corrected chi connectivity index (χ4v) is 3.87. The molecule has 144 valence electrons. The van der Waals surface area contributed by atoms with Crippen molar-refractivity contribution in [2.45, 2.75) is 45.3 Å². The second-order valence-electron chi connectivity index (χ2n) is 7.50. The Morgan fingerprint density at radius 2 is 1.59 bits per heavy atom. The predicted octanol–water partition coefficient (Wildman–Crippen LogP) is 3.75. The molecule has 2 atom stereocenters. The monoisotopic (exact) mass is 366 g/mol. The lowest BCUT2D eigenvalue weighted by Gasteiger charge is -2.44. The molecule has 1 aliphatic rings. The highest BCUT2D eigenvalue weighted by molar-refractivity contribution is 5.76. The van der Waals surface area contributed by atoms with Gasteiger partial charge < -0.3 is 9.64 Å². The minimum absolute atomic E-state index is 0.254. The number of piperazine rings is 1. The molecule has 1 saturated heterocycles. The van der Waals surface area contributed by atoms with Gasteiger partial charge in [-0.15, -0.1) is 0 Å². The summed E-state index contributed by atoms with van der Waals surface area (Å²) >= 11 is 0. The van der Waals surface area contributed by atoms with Crippen LogP contribution in [0.15, 0.2) is 54.6 Å². The van der Waals surface area contributed by atoms with E-state index in [0.29, 0.717) is 18.5 Å². The summed E-state index contributed by atoms with van der Waals surface area (Å²) in [4.78, 5) is 17.3. The Bertz CT molecular complexity index is 718. The number of amides is 1. The first-order valence-corrected chi connectivity index (χ1v) is 9.77. The largest absolute Gasteiger partial charge is 0.497 e. The summed E-state index contributed by atoms with van der Waals surface area (Å²) in [6.07, 6.45) is 1.33. The third-order valence-electron chi connectivity index (χ3n) is 5.45. The Morgan fingerprint density at radius 3 is 2.19 bits per heavy atom. The molecule has 0 bridgehead atoms. The van der Waals surface area contributed by atoms with E-state index >= 15 is 0 Å². The van der Waals surface area contributed by atoms with Crippen molar-refractivity contribution in [2.75, 3.05) is 20.2 Å². The maximum atomic E-state index is 12.7. The molecule has 4 heteroatoms. The Balaban J connectivity index is 1.53. The maximum Gasteiger partial charge on any atom is 0.223 e. The zero-order chi connectivity index (χ0) is 19.2. The number of ether oxygens (including phenoxy) is 1. The molecule has 1 amide bonds. The van der Waals surface area contributed by atoms with Crippen molar-refractivity contribution < 1.29 is 9.53 Å². The van der Waals surface area contributed by atoms with Crippen molar-refractivity contribution in [3.8, 4) is 5.75 Å². The zero-order valence-electron chi connectivity index (χ0n) is 16.6. The number of carbonyl (C=O) groups is 1. The Kier molecular flexibility index (Phi) is 6.51. The SMILES string of the molecule is COc1ccc(CCC(=O)N2CC(C)N(Cc3ccccc3)C(C)C2)cc1. The third-order valence-corrected chi connectivity index (χ3v) is 5.45. The van der Waals surface area contributed by atoms with Crippen LogP contribution in [0, 0.1) is 0 Å². The van der Waals surface area contributed by atoms with E-state index in [0.717, 1.165) is 31.8 Å². The van der Waals surface area contributed by atoms with Crippen LogP contribution < -0.4 is 4.74 Å². The number of nitrogens with zero attached hydrogens (tertiary/aromatic N) is 2. The number of rotatable bonds is 6. The van der Waals surface area contributed by atoms with Gasteiger partial charge in [-0.1, -0.05) is 42.5 Å². The lowest BCUT2D eigenvalue weighted by atomic mass is 10.0. The van der Waals surface area contributed by atoms with Gasteiger partial charge in [0.2, 0.25) is 5.91 Å². The molecule has 2 aromatic rings. The van der Waals surface area contributed by atoms with Crippen LogP contribution in [0.4, 0.5) is 0 Å². The van der Waals surface area contributed by atoms with E-state index < -0.39 is 0 Å². The molecule has 1 fully saturated rings. The minimum Gasteiger partial charge on any atom is -0.497 e. The fourth-order valence-electron chi connectivity index (χ4n) is 3.87. The van der Waals surface area contributed by atoms with E-state index in [4.69, 9.17) is 4.74 Å². The molecule has 0 aromatic heterocycles. The number of carbonyl (C=O) groups excluding carboxylic acids is 1. The van der Waals surface area contributed by atoms with Crippen LogP contribution in [0.1, 0.15) is 31.4 Å². The summed E-state index contributed by atoms with van der Waals surface area (Å²) in [6, 6.07) is 19.3. The summed E-state index contributed by atoms with van der Waals surface area (Å²) in [5.41, 5.74) is 2.50. The second-order valence-corrected chi connectivity index (χ2v) is 7.50. The molecule has 1 heterocycles. The van der Waals surface area contributed by atoms with E-state index in [9.17, 15) is 4.79 Å². The fraction of sp³-hybridized carbons (Fsp3) is 0.435. The number of hydrogen-bond donors (Lipinski definition) is 0. The van der Waals surface area contributed by atoms with E-state index in [2.05, 4.69) is 49.1 Å². The first kappa shape index (κ1) is 19.4. The smallest absolute Gasteiger partial charge is 0.223 e. The highest BCUT2D eigenvalue weighted by Crippen LogP contribution is 2.20. The molecule has 0 aliphatic carbocycles. The maximum absolute atomic E-state index is 12.7. The Labute approximate surface area is 162 Å². The van der Waals surface area contributed by atoms with E-state index in [1.165, 1.54) is 11.1 Å². The summed E-state index contributed by atoms with van der Waals surface area (Å²) in [5, 5.41) is 0. The van der Waals surface area contributed by atoms with Crippen molar-refractivity contribution in [1.82, 2.24) is 9.80 Å². The van der Waals surface area contributed by atoms with Gasteiger partial charge in [-0.05, 0) is 43.5 Å². The highest BCUT2D eigenvalue weighted by atomic mass is 16.5. The molecule has 0 radical (unpaired) electrons. The van der Waals surface area contributed by atoms with Gasteiger partial charge in [0.25, 0.3) is 0 Å². The number of aryl methyl sites for hydroxylation is 1. The molecule has 3 rings (SSSR count). The molecule has 0 N–H and O–H groups in total. The van der Waals surface area contributed by atoms with Crippen LogP contribution in [0.25, 0.3) is 0 Å². The van der Waals surface area contributed by atoms with E-state index in [1.807, 2.05) is 29.2 Å². The van der Waals surface area contributed by atoms with Crippen LogP contribution in [0.5, 0.6) is 5.75 Å². The van der Waals surface area contributed by atoms with Gasteiger partial charge in [-0.25, -0.2) is 0 Å². The lowest BCUT2D eigenvalue weighted by Crippen LogP contribution is -2.57. The summed E-state index contributed by atoms with van der Waals surface area (Å²) in [7, 11) is 1.66. The molecule has 1 aliphatic heterocycles. The van der Waals surface area contributed by atoms with Crippen molar-refractivity contribution in [1.29, 1.82) is 0 Å². The quantitative estimate of drug-likeness (QED) is 0.781. The Hall–Kier alpha value is -2.33. The standard InChI is InChI=1S/C23H30N2O2/c1-18-15-24(16-19(2)25(18)17-21-7-5-4-6-8-21)23(26)14-11-20-9-12-22(27-3)13-10-20/h4-10,12-13,18-19H,11,14-17H2,1-3H3. The van der Waals surface area contributed by atoms with Gasteiger partial charge >= 0.3 is 0 Å². The predicted molar refractivity (Wildman–Crippen MR) is 109 cm³/mol.